The van der Waals surface area contributed by atoms with Crippen LogP contribution in [0.25, 0.3) is 11.4 Å². The van der Waals surface area contributed by atoms with Gasteiger partial charge in [-0.15, -0.1) is 0 Å². The van der Waals surface area contributed by atoms with Gasteiger partial charge in [0.1, 0.15) is 5.82 Å². The Hall–Kier alpha value is -1.75. The second kappa shape index (κ2) is 4.42. The maximum Gasteiger partial charge on any atom is 0.234 e. The Morgan fingerprint density at radius 1 is 1.37 bits per heavy atom. The van der Waals surface area contributed by atoms with E-state index in [2.05, 4.69) is 17.1 Å². The van der Waals surface area contributed by atoms with E-state index in [-0.39, 0.29) is 17.3 Å². The molecular weight excluding hydrogens is 245 g/mol. The molecule has 0 bridgehead atoms. The molecule has 0 spiro atoms. The zero-order valence-corrected chi connectivity index (χ0v) is 10.8. The average molecular weight is 261 g/mol. The summed E-state index contributed by atoms with van der Waals surface area (Å²) in [7, 11) is 0. The molecule has 1 saturated carbocycles. The molecule has 2 aromatic rings. The van der Waals surface area contributed by atoms with Crippen LogP contribution < -0.4 is 5.73 Å². The molecule has 3 rings (SSSR count). The van der Waals surface area contributed by atoms with E-state index in [1.165, 1.54) is 12.1 Å². The van der Waals surface area contributed by atoms with Gasteiger partial charge >= 0.3 is 0 Å². The third kappa shape index (κ3) is 2.04. The molecule has 1 heterocycles. The summed E-state index contributed by atoms with van der Waals surface area (Å²) in [5, 5.41) is 3.98. The van der Waals surface area contributed by atoms with Crippen LogP contribution >= 0.6 is 0 Å². The highest BCUT2D eigenvalue weighted by Gasteiger charge is 2.42. The molecule has 4 nitrogen and oxygen atoms in total. The summed E-state index contributed by atoms with van der Waals surface area (Å²) in [6.45, 7) is 2.06. The molecule has 2 unspecified atom stereocenters. The predicted molar refractivity (Wildman–Crippen MR) is 68.9 cm³/mol. The summed E-state index contributed by atoms with van der Waals surface area (Å²) < 4.78 is 18.3. The molecule has 1 aliphatic rings. The average Bonchev–Trinajstić information content (AvgIpc) is 3.00. The molecule has 0 radical (unpaired) electrons. The fourth-order valence-corrected chi connectivity index (χ4v) is 2.63. The number of aromatic nitrogens is 2. The minimum absolute atomic E-state index is 0.0500. The van der Waals surface area contributed by atoms with Crippen molar-refractivity contribution in [2.45, 2.75) is 37.6 Å². The lowest BCUT2D eigenvalue weighted by Crippen LogP contribution is -2.38. The molecule has 0 aliphatic heterocycles. The van der Waals surface area contributed by atoms with Crippen LogP contribution in [-0.4, -0.2) is 16.2 Å². The number of hydrogen-bond acceptors (Lipinski definition) is 4. The van der Waals surface area contributed by atoms with Crippen molar-refractivity contribution >= 4 is 0 Å². The van der Waals surface area contributed by atoms with E-state index in [4.69, 9.17) is 10.3 Å². The smallest absolute Gasteiger partial charge is 0.234 e. The molecule has 100 valence electrons. The van der Waals surface area contributed by atoms with E-state index in [1.54, 1.807) is 12.1 Å². The second-order valence-corrected chi connectivity index (χ2v) is 5.35. The van der Waals surface area contributed by atoms with E-state index in [0.717, 1.165) is 24.8 Å². The van der Waals surface area contributed by atoms with Gasteiger partial charge in [0, 0.05) is 11.6 Å². The topological polar surface area (TPSA) is 64.9 Å². The van der Waals surface area contributed by atoms with Crippen LogP contribution in [0.3, 0.4) is 0 Å². The third-order valence-corrected chi connectivity index (χ3v) is 4.05. The summed E-state index contributed by atoms with van der Waals surface area (Å²) >= 11 is 0. The van der Waals surface area contributed by atoms with E-state index >= 15 is 0 Å². The Labute approximate surface area is 110 Å². The number of halogens is 1. The highest BCUT2D eigenvalue weighted by atomic mass is 19.1. The van der Waals surface area contributed by atoms with Crippen molar-refractivity contribution in [3.05, 3.63) is 36.0 Å². The lowest BCUT2D eigenvalue weighted by molar-refractivity contribution is 0.278. The Bertz CT molecular complexity index is 581. The molecule has 1 aromatic heterocycles. The Kier molecular flexibility index (Phi) is 2.86. The van der Waals surface area contributed by atoms with Crippen LogP contribution in [0.4, 0.5) is 4.39 Å². The third-order valence-electron chi connectivity index (χ3n) is 4.05. The van der Waals surface area contributed by atoms with Gasteiger partial charge in [-0.25, -0.2) is 4.39 Å². The van der Waals surface area contributed by atoms with Crippen LogP contribution in [0.5, 0.6) is 0 Å². The summed E-state index contributed by atoms with van der Waals surface area (Å²) in [6.07, 6.45) is 3.01. The van der Waals surface area contributed by atoms with E-state index in [0.29, 0.717) is 11.7 Å². The normalized spacial score (nSPS) is 26.8. The Morgan fingerprint density at radius 2 is 2.11 bits per heavy atom. The first-order valence-electron chi connectivity index (χ1n) is 6.45. The van der Waals surface area contributed by atoms with E-state index in [9.17, 15) is 4.39 Å². The van der Waals surface area contributed by atoms with Crippen molar-refractivity contribution in [2.75, 3.05) is 0 Å². The highest BCUT2D eigenvalue weighted by Crippen LogP contribution is 2.39. The van der Waals surface area contributed by atoms with Crippen LogP contribution in [-0.2, 0) is 5.41 Å². The highest BCUT2D eigenvalue weighted by molar-refractivity contribution is 5.53. The van der Waals surface area contributed by atoms with Gasteiger partial charge in [-0.05, 0) is 44.0 Å². The fraction of sp³-hybridized carbons (Fsp3) is 0.429. The lowest BCUT2D eigenvalue weighted by Gasteiger charge is -2.23. The van der Waals surface area contributed by atoms with Crippen molar-refractivity contribution in [3.8, 4) is 11.4 Å². The number of nitrogens with zero attached hydrogens (tertiary/aromatic N) is 2. The van der Waals surface area contributed by atoms with Gasteiger partial charge in [-0.1, -0.05) is 11.6 Å². The van der Waals surface area contributed by atoms with Crippen LogP contribution in [0.2, 0.25) is 0 Å². The number of benzene rings is 1. The predicted octanol–water partition coefficient (Wildman–Crippen LogP) is 2.64. The largest absolute Gasteiger partial charge is 0.338 e. The molecule has 0 saturated heterocycles. The van der Waals surface area contributed by atoms with Crippen molar-refractivity contribution in [1.82, 2.24) is 10.1 Å². The van der Waals surface area contributed by atoms with Crippen LogP contribution in [0, 0.1) is 5.82 Å². The van der Waals surface area contributed by atoms with Gasteiger partial charge in [0.2, 0.25) is 11.7 Å². The van der Waals surface area contributed by atoms with E-state index in [1.807, 2.05) is 0 Å². The minimum Gasteiger partial charge on any atom is -0.338 e. The fourth-order valence-electron chi connectivity index (χ4n) is 2.63. The summed E-state index contributed by atoms with van der Waals surface area (Å²) in [5.74, 6) is 0.782. The Balaban J connectivity index is 1.93. The Morgan fingerprint density at radius 3 is 2.74 bits per heavy atom. The lowest BCUT2D eigenvalue weighted by atomic mass is 9.85. The maximum atomic E-state index is 12.9. The van der Waals surface area contributed by atoms with Crippen molar-refractivity contribution in [3.63, 3.8) is 0 Å². The molecule has 1 fully saturated rings. The van der Waals surface area contributed by atoms with Gasteiger partial charge in [0.25, 0.3) is 0 Å². The van der Waals surface area contributed by atoms with E-state index < -0.39 is 0 Å². The zero-order chi connectivity index (χ0) is 13.5. The minimum atomic E-state index is -0.280. The molecular formula is C14H16FN3O. The van der Waals surface area contributed by atoms with Crippen LogP contribution in [0.15, 0.2) is 28.8 Å². The van der Waals surface area contributed by atoms with Crippen molar-refractivity contribution in [1.29, 1.82) is 0 Å². The molecule has 1 aromatic carbocycles. The number of rotatable bonds is 2. The molecule has 0 amide bonds. The number of hydrogen-bond donors (Lipinski definition) is 1. The van der Waals surface area contributed by atoms with Gasteiger partial charge < -0.3 is 10.3 Å². The quantitative estimate of drug-likeness (QED) is 0.902. The number of nitrogens with two attached hydrogens (primary N) is 1. The molecule has 2 N–H and O–H groups in total. The summed E-state index contributed by atoms with van der Waals surface area (Å²) in [5.41, 5.74) is 6.63. The second-order valence-electron chi connectivity index (χ2n) is 5.35. The molecule has 19 heavy (non-hydrogen) atoms. The summed E-state index contributed by atoms with van der Waals surface area (Å²) in [6, 6.07) is 6.10. The molecule has 2 atom stereocenters. The van der Waals surface area contributed by atoms with Gasteiger partial charge in [0.15, 0.2) is 0 Å². The zero-order valence-electron chi connectivity index (χ0n) is 10.8. The van der Waals surface area contributed by atoms with Gasteiger partial charge in [-0.3, -0.25) is 0 Å². The SMILES string of the molecule is CC1(c2nc(-c3ccc(F)cc3)no2)CCCC1N. The van der Waals surface area contributed by atoms with Crippen molar-refractivity contribution < 1.29 is 8.91 Å². The first-order chi connectivity index (χ1) is 9.09. The van der Waals surface area contributed by atoms with Crippen LogP contribution in [0.1, 0.15) is 32.1 Å². The monoisotopic (exact) mass is 261 g/mol. The van der Waals surface area contributed by atoms with Gasteiger partial charge in [-0.2, -0.15) is 4.98 Å². The molecule has 1 aliphatic carbocycles. The first kappa shape index (κ1) is 12.3. The first-order valence-corrected chi connectivity index (χ1v) is 6.45. The molecule has 5 heteroatoms. The maximum absolute atomic E-state index is 12.9. The van der Waals surface area contributed by atoms with Gasteiger partial charge in [0.05, 0.1) is 5.41 Å². The van der Waals surface area contributed by atoms with Crippen molar-refractivity contribution in [2.24, 2.45) is 5.73 Å². The standard InChI is InChI=1S/C14H16FN3O/c1-14(8-2-3-11(14)16)13-17-12(18-19-13)9-4-6-10(15)7-5-9/h4-7,11H,2-3,8,16H2,1H3. The summed E-state index contributed by atoms with van der Waals surface area (Å²) in [4.78, 5) is 4.43.